The lowest BCUT2D eigenvalue weighted by Crippen LogP contribution is -2.46. The number of unbranched alkanes of at least 4 members (excludes halogenated alkanes) is 2. The Hall–Kier alpha value is -0.0800. The van der Waals surface area contributed by atoms with Crippen LogP contribution in [0.25, 0.3) is 0 Å². The summed E-state index contributed by atoms with van der Waals surface area (Å²) in [6.07, 6.45) is 8.02. The molecule has 1 fully saturated rings. The SMILES string of the molecule is CCCCCOC1CC(C(C)(C)C)CCC1NC. The molecule has 2 nitrogen and oxygen atoms in total. The maximum atomic E-state index is 6.15. The van der Waals surface area contributed by atoms with Crippen molar-refractivity contribution in [2.75, 3.05) is 13.7 Å². The largest absolute Gasteiger partial charge is 0.377 e. The second-order valence-corrected chi connectivity index (χ2v) is 6.89. The highest BCUT2D eigenvalue weighted by Gasteiger charge is 2.35. The van der Waals surface area contributed by atoms with E-state index in [9.17, 15) is 0 Å². The average Bonchev–Trinajstić information content (AvgIpc) is 2.33. The molecule has 0 aliphatic heterocycles. The molecule has 0 saturated heterocycles. The molecule has 1 rings (SSSR count). The van der Waals surface area contributed by atoms with Crippen LogP contribution in [0.4, 0.5) is 0 Å². The number of nitrogens with one attached hydrogen (secondary N) is 1. The van der Waals surface area contributed by atoms with Gasteiger partial charge in [0.1, 0.15) is 0 Å². The topological polar surface area (TPSA) is 21.3 Å². The number of hydrogen-bond donors (Lipinski definition) is 1. The molecule has 0 aromatic rings. The van der Waals surface area contributed by atoms with Gasteiger partial charge in [-0.2, -0.15) is 0 Å². The monoisotopic (exact) mass is 255 g/mol. The van der Waals surface area contributed by atoms with Crippen molar-refractivity contribution in [2.24, 2.45) is 11.3 Å². The van der Waals surface area contributed by atoms with Crippen molar-refractivity contribution in [3.05, 3.63) is 0 Å². The minimum absolute atomic E-state index is 0.420. The first-order valence-electron chi connectivity index (χ1n) is 7.78. The minimum atomic E-state index is 0.420. The van der Waals surface area contributed by atoms with E-state index in [0.717, 1.165) is 12.5 Å². The van der Waals surface area contributed by atoms with E-state index in [1.54, 1.807) is 0 Å². The number of rotatable bonds is 6. The Bertz CT molecular complexity index is 222. The zero-order valence-electron chi connectivity index (χ0n) is 13.1. The van der Waals surface area contributed by atoms with Crippen molar-refractivity contribution in [3.8, 4) is 0 Å². The maximum absolute atomic E-state index is 6.15. The molecule has 0 bridgehead atoms. The van der Waals surface area contributed by atoms with E-state index in [2.05, 4.69) is 40.1 Å². The van der Waals surface area contributed by atoms with Gasteiger partial charge in [-0.3, -0.25) is 0 Å². The highest BCUT2D eigenvalue weighted by Crippen LogP contribution is 2.38. The summed E-state index contributed by atoms with van der Waals surface area (Å²) in [5, 5.41) is 3.44. The van der Waals surface area contributed by atoms with Crippen LogP contribution in [0, 0.1) is 11.3 Å². The number of hydrogen-bond acceptors (Lipinski definition) is 2. The van der Waals surface area contributed by atoms with E-state index < -0.39 is 0 Å². The zero-order valence-corrected chi connectivity index (χ0v) is 13.1. The van der Waals surface area contributed by atoms with Gasteiger partial charge in [-0.1, -0.05) is 40.5 Å². The Balaban J connectivity index is 2.43. The van der Waals surface area contributed by atoms with E-state index >= 15 is 0 Å². The van der Waals surface area contributed by atoms with E-state index in [1.165, 1.54) is 38.5 Å². The molecule has 3 atom stereocenters. The second-order valence-electron chi connectivity index (χ2n) is 6.89. The fourth-order valence-electron chi connectivity index (χ4n) is 3.02. The highest BCUT2D eigenvalue weighted by molar-refractivity contribution is 4.89. The molecule has 3 unspecified atom stereocenters. The van der Waals surface area contributed by atoms with Crippen molar-refractivity contribution in [1.82, 2.24) is 5.32 Å². The van der Waals surface area contributed by atoms with Crippen LogP contribution in [0.1, 0.15) is 66.2 Å². The van der Waals surface area contributed by atoms with E-state index in [4.69, 9.17) is 4.74 Å². The Kier molecular flexibility index (Phi) is 6.65. The first-order chi connectivity index (χ1) is 8.49. The Morgan fingerprint density at radius 1 is 1.17 bits per heavy atom. The maximum Gasteiger partial charge on any atom is 0.0730 e. The van der Waals surface area contributed by atoms with Gasteiger partial charge in [0.25, 0.3) is 0 Å². The zero-order chi connectivity index (χ0) is 13.6. The van der Waals surface area contributed by atoms with Crippen molar-refractivity contribution >= 4 is 0 Å². The summed E-state index contributed by atoms with van der Waals surface area (Å²) in [5.41, 5.74) is 0.420. The first kappa shape index (κ1) is 16.0. The molecule has 18 heavy (non-hydrogen) atoms. The van der Waals surface area contributed by atoms with Gasteiger partial charge in [0.15, 0.2) is 0 Å². The van der Waals surface area contributed by atoms with Crippen LogP contribution < -0.4 is 5.32 Å². The predicted molar refractivity (Wildman–Crippen MR) is 78.9 cm³/mol. The Morgan fingerprint density at radius 2 is 1.89 bits per heavy atom. The van der Waals surface area contributed by atoms with Crippen molar-refractivity contribution in [1.29, 1.82) is 0 Å². The van der Waals surface area contributed by atoms with Gasteiger partial charge >= 0.3 is 0 Å². The number of likely N-dealkylation sites (N-methyl/N-ethyl adjacent to an activating group) is 1. The second kappa shape index (κ2) is 7.49. The summed E-state index contributed by atoms with van der Waals surface area (Å²) in [7, 11) is 2.07. The van der Waals surface area contributed by atoms with Crippen LogP contribution in [0.2, 0.25) is 0 Å². The van der Waals surface area contributed by atoms with Gasteiger partial charge in [-0.15, -0.1) is 0 Å². The third-order valence-electron chi connectivity index (χ3n) is 4.47. The lowest BCUT2D eigenvalue weighted by atomic mass is 9.70. The summed E-state index contributed by atoms with van der Waals surface area (Å²) in [5.74, 6) is 0.804. The molecular formula is C16H33NO. The molecule has 0 aromatic heterocycles. The van der Waals surface area contributed by atoms with Crippen LogP contribution in [-0.4, -0.2) is 25.8 Å². The number of ether oxygens (including phenoxy) is 1. The quantitative estimate of drug-likeness (QED) is 0.724. The van der Waals surface area contributed by atoms with Crippen LogP contribution in [0.3, 0.4) is 0 Å². The van der Waals surface area contributed by atoms with E-state index in [1.807, 2.05) is 0 Å². The molecule has 1 aliphatic rings. The van der Waals surface area contributed by atoms with Gasteiger partial charge in [-0.25, -0.2) is 0 Å². The van der Waals surface area contributed by atoms with Crippen molar-refractivity contribution in [3.63, 3.8) is 0 Å². The minimum Gasteiger partial charge on any atom is -0.377 e. The molecule has 2 heteroatoms. The molecular weight excluding hydrogens is 222 g/mol. The molecule has 0 spiro atoms. The summed E-state index contributed by atoms with van der Waals surface area (Å²) in [6.45, 7) is 10.3. The summed E-state index contributed by atoms with van der Waals surface area (Å²) < 4.78 is 6.15. The third kappa shape index (κ3) is 4.89. The lowest BCUT2D eigenvalue weighted by molar-refractivity contribution is -0.0272. The molecule has 0 heterocycles. The molecule has 0 aromatic carbocycles. The Labute approximate surface area is 114 Å². The van der Waals surface area contributed by atoms with Crippen LogP contribution in [0.5, 0.6) is 0 Å². The van der Waals surface area contributed by atoms with Gasteiger partial charge in [0.2, 0.25) is 0 Å². The molecule has 1 N–H and O–H groups in total. The summed E-state index contributed by atoms with van der Waals surface area (Å²) >= 11 is 0. The smallest absolute Gasteiger partial charge is 0.0730 e. The van der Waals surface area contributed by atoms with Gasteiger partial charge in [-0.05, 0) is 44.1 Å². The standard InChI is InChI=1S/C16H33NO/c1-6-7-8-11-18-15-12-13(16(2,3)4)9-10-14(15)17-5/h13-15,17H,6-12H2,1-5H3. The molecule has 1 aliphatic carbocycles. The highest BCUT2D eigenvalue weighted by atomic mass is 16.5. The van der Waals surface area contributed by atoms with Crippen LogP contribution in [0.15, 0.2) is 0 Å². The predicted octanol–water partition coefficient (Wildman–Crippen LogP) is 4.00. The average molecular weight is 255 g/mol. The Morgan fingerprint density at radius 3 is 2.44 bits per heavy atom. The van der Waals surface area contributed by atoms with Crippen LogP contribution in [-0.2, 0) is 4.74 Å². The van der Waals surface area contributed by atoms with Crippen molar-refractivity contribution in [2.45, 2.75) is 78.4 Å². The molecule has 0 radical (unpaired) electrons. The summed E-state index contributed by atoms with van der Waals surface area (Å²) in [4.78, 5) is 0. The normalized spacial score (nSPS) is 29.5. The van der Waals surface area contributed by atoms with Gasteiger partial charge in [0.05, 0.1) is 6.10 Å². The molecule has 1 saturated carbocycles. The van der Waals surface area contributed by atoms with Crippen LogP contribution >= 0.6 is 0 Å². The third-order valence-corrected chi connectivity index (χ3v) is 4.47. The fraction of sp³-hybridized carbons (Fsp3) is 1.00. The van der Waals surface area contributed by atoms with E-state index in [0.29, 0.717) is 17.6 Å². The van der Waals surface area contributed by atoms with Gasteiger partial charge < -0.3 is 10.1 Å². The lowest BCUT2D eigenvalue weighted by Gasteiger charge is -2.41. The fourth-order valence-corrected chi connectivity index (χ4v) is 3.02. The first-order valence-corrected chi connectivity index (χ1v) is 7.78. The summed E-state index contributed by atoms with van der Waals surface area (Å²) in [6, 6.07) is 0.560. The molecule has 0 amide bonds. The molecule has 108 valence electrons. The van der Waals surface area contributed by atoms with Crippen molar-refractivity contribution < 1.29 is 4.74 Å². The van der Waals surface area contributed by atoms with E-state index in [-0.39, 0.29) is 0 Å². The van der Waals surface area contributed by atoms with Gasteiger partial charge in [0, 0.05) is 12.6 Å².